The molecule has 0 radical (unpaired) electrons. The lowest BCUT2D eigenvalue weighted by Crippen LogP contribution is -2.49. The van der Waals surface area contributed by atoms with Gasteiger partial charge in [0.25, 0.3) is 0 Å². The molecule has 1 rings (SSSR count). The van der Waals surface area contributed by atoms with Gasteiger partial charge in [-0.05, 0) is 19.3 Å². The summed E-state index contributed by atoms with van der Waals surface area (Å²) in [6, 6.07) is -0.235. The number of carbonyl (C=O) groups is 2. The van der Waals surface area contributed by atoms with E-state index in [4.69, 9.17) is 5.11 Å². The number of piperidine rings is 1. The molecule has 1 aliphatic heterocycles. The molecule has 1 heterocycles. The smallest absolute Gasteiger partial charge is 0.323 e. The van der Waals surface area contributed by atoms with Gasteiger partial charge in [-0.1, -0.05) is 6.92 Å². The van der Waals surface area contributed by atoms with Crippen LogP contribution in [0.1, 0.15) is 26.2 Å². The predicted molar refractivity (Wildman–Crippen MR) is 61.7 cm³/mol. The molecule has 6 nitrogen and oxygen atoms in total. The molecule has 1 fully saturated rings. The van der Waals surface area contributed by atoms with Crippen molar-refractivity contribution in [3.05, 3.63) is 0 Å². The van der Waals surface area contributed by atoms with Crippen molar-refractivity contribution in [2.45, 2.75) is 32.3 Å². The van der Waals surface area contributed by atoms with Crippen LogP contribution in [0.4, 0.5) is 4.79 Å². The van der Waals surface area contributed by atoms with E-state index in [-0.39, 0.29) is 18.7 Å². The Kier molecular flexibility index (Phi) is 5.21. The number of carboxylic acid groups (broad SMARTS) is 1. The van der Waals surface area contributed by atoms with Gasteiger partial charge in [-0.3, -0.25) is 4.79 Å². The molecular weight excluding hydrogens is 224 g/mol. The first-order chi connectivity index (χ1) is 8.04. The Morgan fingerprint density at radius 1 is 1.35 bits per heavy atom. The first-order valence-electron chi connectivity index (χ1n) is 5.98. The van der Waals surface area contributed by atoms with Crippen molar-refractivity contribution in [3.8, 4) is 0 Å². The summed E-state index contributed by atoms with van der Waals surface area (Å²) in [7, 11) is 0. The minimum atomic E-state index is -0.996. The maximum Gasteiger partial charge on any atom is 0.323 e. The molecule has 98 valence electrons. The second kappa shape index (κ2) is 6.44. The number of hydrogen-bond donors (Lipinski definition) is 2. The minimum absolute atomic E-state index is 0.235. The topological polar surface area (TPSA) is 81.1 Å². The van der Waals surface area contributed by atoms with Gasteiger partial charge < -0.3 is 20.0 Å². The summed E-state index contributed by atoms with van der Waals surface area (Å²) in [5.41, 5.74) is 0. The van der Waals surface area contributed by atoms with Gasteiger partial charge in [0, 0.05) is 19.6 Å². The summed E-state index contributed by atoms with van der Waals surface area (Å²) in [5.74, 6) is -0.996. The number of aliphatic carboxylic acids is 1. The van der Waals surface area contributed by atoms with Crippen molar-refractivity contribution in [2.24, 2.45) is 0 Å². The fraction of sp³-hybridized carbons (Fsp3) is 0.818. The summed E-state index contributed by atoms with van der Waals surface area (Å²) in [6.45, 7) is 3.09. The number of likely N-dealkylation sites (tertiary alicyclic amines) is 1. The van der Waals surface area contributed by atoms with E-state index in [1.807, 2.05) is 6.92 Å². The van der Waals surface area contributed by atoms with E-state index in [1.165, 1.54) is 4.90 Å². The van der Waals surface area contributed by atoms with Crippen LogP contribution in [0.3, 0.4) is 0 Å². The molecule has 1 aliphatic rings. The monoisotopic (exact) mass is 244 g/mol. The third-order valence-corrected chi connectivity index (χ3v) is 2.83. The standard InChI is InChI=1S/C11H20N2O4/c1-2-5-13(8-10(15)16)11(17)12-6-3-9(14)4-7-12/h9,14H,2-8H2,1H3,(H,15,16). The molecule has 0 bridgehead atoms. The van der Waals surface area contributed by atoms with Gasteiger partial charge in [0.05, 0.1) is 6.10 Å². The normalized spacial score (nSPS) is 16.9. The number of nitrogens with zero attached hydrogens (tertiary/aromatic N) is 2. The Bertz CT molecular complexity index is 275. The lowest BCUT2D eigenvalue weighted by atomic mass is 10.1. The molecule has 0 atom stereocenters. The maximum absolute atomic E-state index is 12.0. The number of hydrogen-bond acceptors (Lipinski definition) is 3. The van der Waals surface area contributed by atoms with Gasteiger partial charge >= 0.3 is 12.0 Å². The molecular formula is C11H20N2O4. The molecule has 2 amide bonds. The highest BCUT2D eigenvalue weighted by molar-refractivity contribution is 5.80. The number of amides is 2. The highest BCUT2D eigenvalue weighted by Gasteiger charge is 2.25. The van der Waals surface area contributed by atoms with E-state index in [9.17, 15) is 14.7 Å². The molecule has 0 aromatic rings. The highest BCUT2D eigenvalue weighted by Crippen LogP contribution is 2.12. The van der Waals surface area contributed by atoms with E-state index >= 15 is 0 Å². The quantitative estimate of drug-likeness (QED) is 0.748. The van der Waals surface area contributed by atoms with Gasteiger partial charge in [0.1, 0.15) is 6.54 Å². The Balaban J connectivity index is 2.54. The predicted octanol–water partition coefficient (Wildman–Crippen LogP) is 0.360. The Labute approximate surface area is 101 Å². The average Bonchev–Trinajstić information content (AvgIpc) is 2.28. The van der Waals surface area contributed by atoms with Crippen LogP contribution in [0.5, 0.6) is 0 Å². The SMILES string of the molecule is CCCN(CC(=O)O)C(=O)N1CCC(O)CC1. The van der Waals surface area contributed by atoms with Crippen molar-refractivity contribution in [1.29, 1.82) is 0 Å². The summed E-state index contributed by atoms with van der Waals surface area (Å²) >= 11 is 0. The van der Waals surface area contributed by atoms with Gasteiger partial charge in [0.2, 0.25) is 0 Å². The lowest BCUT2D eigenvalue weighted by Gasteiger charge is -2.33. The third-order valence-electron chi connectivity index (χ3n) is 2.83. The highest BCUT2D eigenvalue weighted by atomic mass is 16.4. The zero-order chi connectivity index (χ0) is 12.8. The number of carboxylic acids is 1. The zero-order valence-electron chi connectivity index (χ0n) is 10.1. The van der Waals surface area contributed by atoms with E-state index in [2.05, 4.69) is 0 Å². The number of urea groups is 1. The van der Waals surface area contributed by atoms with Crippen molar-refractivity contribution < 1.29 is 19.8 Å². The van der Waals surface area contributed by atoms with Gasteiger partial charge in [-0.2, -0.15) is 0 Å². The van der Waals surface area contributed by atoms with Crippen LogP contribution >= 0.6 is 0 Å². The molecule has 1 saturated heterocycles. The van der Waals surface area contributed by atoms with Gasteiger partial charge in [-0.15, -0.1) is 0 Å². The molecule has 0 aromatic heterocycles. The van der Waals surface area contributed by atoms with Crippen molar-refractivity contribution in [1.82, 2.24) is 9.80 Å². The van der Waals surface area contributed by atoms with E-state index < -0.39 is 5.97 Å². The average molecular weight is 244 g/mol. The van der Waals surface area contributed by atoms with E-state index in [0.717, 1.165) is 6.42 Å². The molecule has 17 heavy (non-hydrogen) atoms. The Hall–Kier alpha value is -1.30. The fourth-order valence-electron chi connectivity index (χ4n) is 1.93. The molecule has 0 unspecified atom stereocenters. The van der Waals surface area contributed by atoms with Crippen LogP contribution in [0, 0.1) is 0 Å². The first kappa shape index (κ1) is 13.8. The summed E-state index contributed by atoms with van der Waals surface area (Å²) in [5, 5.41) is 18.1. The molecule has 0 spiro atoms. The van der Waals surface area contributed by atoms with E-state index in [1.54, 1.807) is 4.90 Å². The van der Waals surface area contributed by atoms with Crippen LogP contribution < -0.4 is 0 Å². The van der Waals surface area contributed by atoms with Crippen LogP contribution in [0.2, 0.25) is 0 Å². The Morgan fingerprint density at radius 2 is 1.94 bits per heavy atom. The number of aliphatic hydroxyl groups excluding tert-OH is 1. The molecule has 0 saturated carbocycles. The van der Waals surface area contributed by atoms with E-state index in [0.29, 0.717) is 32.5 Å². The van der Waals surface area contributed by atoms with Gasteiger partial charge in [0.15, 0.2) is 0 Å². The summed E-state index contributed by atoms with van der Waals surface area (Å²) < 4.78 is 0. The van der Waals surface area contributed by atoms with Crippen LogP contribution in [0.25, 0.3) is 0 Å². The van der Waals surface area contributed by atoms with Crippen LogP contribution in [-0.4, -0.2) is 64.3 Å². The number of carbonyl (C=O) groups excluding carboxylic acids is 1. The summed E-state index contributed by atoms with van der Waals surface area (Å²) in [4.78, 5) is 25.7. The van der Waals surface area contributed by atoms with Crippen molar-refractivity contribution >= 4 is 12.0 Å². The lowest BCUT2D eigenvalue weighted by molar-refractivity contribution is -0.137. The van der Waals surface area contributed by atoms with Crippen molar-refractivity contribution in [3.63, 3.8) is 0 Å². The minimum Gasteiger partial charge on any atom is -0.480 e. The van der Waals surface area contributed by atoms with Crippen LogP contribution in [0.15, 0.2) is 0 Å². The fourth-order valence-corrected chi connectivity index (χ4v) is 1.93. The van der Waals surface area contributed by atoms with Gasteiger partial charge in [-0.25, -0.2) is 4.79 Å². The maximum atomic E-state index is 12.0. The Morgan fingerprint density at radius 3 is 2.41 bits per heavy atom. The second-order valence-corrected chi connectivity index (χ2v) is 4.32. The van der Waals surface area contributed by atoms with Crippen molar-refractivity contribution in [2.75, 3.05) is 26.2 Å². The first-order valence-corrected chi connectivity index (χ1v) is 5.98. The zero-order valence-corrected chi connectivity index (χ0v) is 10.1. The molecule has 0 aliphatic carbocycles. The molecule has 6 heteroatoms. The second-order valence-electron chi connectivity index (χ2n) is 4.32. The number of rotatable bonds is 4. The largest absolute Gasteiger partial charge is 0.480 e. The number of aliphatic hydroxyl groups is 1. The van der Waals surface area contributed by atoms with Crippen LogP contribution in [-0.2, 0) is 4.79 Å². The summed E-state index contributed by atoms with van der Waals surface area (Å²) in [6.07, 6.45) is 1.53. The third kappa shape index (κ3) is 4.22. The molecule has 2 N–H and O–H groups in total. The molecule has 0 aromatic carbocycles.